The lowest BCUT2D eigenvalue weighted by atomic mass is 9.95. The molecule has 55 heavy (non-hydrogen) atoms. The number of alkyl halides is 1. The van der Waals surface area contributed by atoms with Gasteiger partial charge in [-0.2, -0.15) is 4.98 Å². The molecule has 2 fully saturated rings. The predicted octanol–water partition coefficient (Wildman–Crippen LogP) is 9.89. The van der Waals surface area contributed by atoms with Crippen LogP contribution in [0.25, 0.3) is 32.9 Å². The van der Waals surface area contributed by atoms with Crippen molar-refractivity contribution in [2.24, 2.45) is 0 Å². The van der Waals surface area contributed by atoms with Crippen molar-refractivity contribution in [1.29, 1.82) is 0 Å². The summed E-state index contributed by atoms with van der Waals surface area (Å²) < 4.78 is 37.0. The van der Waals surface area contributed by atoms with Gasteiger partial charge in [-0.3, -0.25) is 4.90 Å². The SMILES string of the molecule is CC(C)[Si](C#Cc1c(F)ccc2cc(O)cc(-c3cc4nc(OC[C@@]56CCCN5C[C@H](F)C6)ncc4c(N(C)CCc4ccccc4)n3)c12)(C(C)C)C(C)C. The lowest BCUT2D eigenvalue weighted by molar-refractivity contribution is 0.107. The molecule has 3 aromatic carbocycles. The van der Waals surface area contributed by atoms with Crippen molar-refractivity contribution in [3.63, 3.8) is 0 Å². The first-order valence-electron chi connectivity index (χ1n) is 19.7. The molecule has 10 heteroatoms. The molecule has 1 N–H and O–H groups in total. The highest BCUT2D eigenvalue weighted by atomic mass is 28.3. The van der Waals surface area contributed by atoms with Crippen LogP contribution in [0.15, 0.2) is 66.9 Å². The van der Waals surface area contributed by atoms with Crippen LogP contribution in [0.1, 0.15) is 71.9 Å². The standard InChI is InChI=1S/C45H53F2N5O2Si/c1-29(2)55(30(3)4,31(5)6)21-17-36-39(47)15-14-33-22-35(53)23-37(42(33)36)40-24-41-38(43(49-40)51(7)20-16-32-12-9-8-10-13-32)26-48-44(50-41)54-28-45-18-11-19-52(45)27-34(46)25-45/h8-10,12-15,22-24,26,29-31,34,53H,11,16,18-20,25,27-28H2,1-7H3/t34-,45+/m1/s1. The van der Waals surface area contributed by atoms with Crippen molar-refractivity contribution in [3.8, 4) is 34.5 Å². The molecule has 0 unspecified atom stereocenters. The number of hydrogen-bond donors (Lipinski definition) is 1. The number of aromatic hydroxyl groups is 1. The van der Waals surface area contributed by atoms with Crippen LogP contribution in [0.3, 0.4) is 0 Å². The van der Waals surface area contributed by atoms with Crippen LogP contribution in [0.5, 0.6) is 11.8 Å². The van der Waals surface area contributed by atoms with E-state index in [2.05, 4.69) is 79.9 Å². The van der Waals surface area contributed by atoms with Gasteiger partial charge < -0.3 is 14.7 Å². The van der Waals surface area contributed by atoms with Crippen LogP contribution in [-0.4, -0.2) is 78.0 Å². The summed E-state index contributed by atoms with van der Waals surface area (Å²) >= 11 is 0. The molecular formula is C45H53F2N5O2Si. The number of fused-ring (bicyclic) bond motifs is 3. The Kier molecular flexibility index (Phi) is 10.9. The first-order valence-corrected chi connectivity index (χ1v) is 22.0. The van der Waals surface area contributed by atoms with E-state index < -0.39 is 20.1 Å². The average Bonchev–Trinajstić information content (AvgIpc) is 3.68. The van der Waals surface area contributed by atoms with Gasteiger partial charge in [0.25, 0.3) is 0 Å². The molecule has 2 atom stereocenters. The second kappa shape index (κ2) is 15.5. The van der Waals surface area contributed by atoms with Gasteiger partial charge >= 0.3 is 6.01 Å². The Hall–Kier alpha value is -4.59. The zero-order valence-corrected chi connectivity index (χ0v) is 34.2. The first kappa shape index (κ1) is 38.7. The molecule has 0 saturated carbocycles. The van der Waals surface area contributed by atoms with Gasteiger partial charge in [0, 0.05) is 43.7 Å². The van der Waals surface area contributed by atoms with Gasteiger partial charge in [-0.15, -0.1) is 5.54 Å². The van der Waals surface area contributed by atoms with E-state index in [1.54, 1.807) is 24.4 Å². The van der Waals surface area contributed by atoms with E-state index in [1.807, 2.05) is 31.3 Å². The van der Waals surface area contributed by atoms with E-state index in [4.69, 9.17) is 14.7 Å². The summed E-state index contributed by atoms with van der Waals surface area (Å²) in [6, 6.07) is 18.8. The number of rotatable bonds is 11. The van der Waals surface area contributed by atoms with Gasteiger partial charge in [0.1, 0.15) is 38.2 Å². The van der Waals surface area contributed by atoms with Gasteiger partial charge in [-0.25, -0.2) is 18.7 Å². The van der Waals surface area contributed by atoms with Gasteiger partial charge in [-0.05, 0) is 77.6 Å². The summed E-state index contributed by atoms with van der Waals surface area (Å²) in [6.07, 6.45) is 4.02. The molecule has 288 valence electrons. The monoisotopic (exact) mass is 761 g/mol. The number of phenols is 1. The highest BCUT2D eigenvalue weighted by Gasteiger charge is 2.49. The fourth-order valence-corrected chi connectivity index (χ4v) is 14.8. The lowest BCUT2D eigenvalue weighted by Gasteiger charge is -2.38. The predicted molar refractivity (Wildman–Crippen MR) is 222 cm³/mol. The molecule has 2 aliphatic heterocycles. The number of nitrogens with zero attached hydrogens (tertiary/aromatic N) is 5. The number of hydrogen-bond acceptors (Lipinski definition) is 7. The summed E-state index contributed by atoms with van der Waals surface area (Å²) in [5.41, 5.74) is 7.68. The maximum absolute atomic E-state index is 16.2. The number of halogens is 2. The molecule has 0 bridgehead atoms. The van der Waals surface area contributed by atoms with Gasteiger partial charge in [0.2, 0.25) is 0 Å². The molecule has 2 saturated heterocycles. The van der Waals surface area contributed by atoms with Crippen LogP contribution < -0.4 is 9.64 Å². The maximum Gasteiger partial charge on any atom is 0.316 e. The smallest absolute Gasteiger partial charge is 0.316 e. The maximum atomic E-state index is 16.2. The average molecular weight is 762 g/mol. The number of benzene rings is 3. The van der Waals surface area contributed by atoms with Gasteiger partial charge in [0.05, 0.1) is 27.7 Å². The summed E-state index contributed by atoms with van der Waals surface area (Å²) in [5, 5.41) is 13.1. The summed E-state index contributed by atoms with van der Waals surface area (Å²) in [4.78, 5) is 19.0. The Morgan fingerprint density at radius 1 is 1.02 bits per heavy atom. The van der Waals surface area contributed by atoms with Crippen molar-refractivity contribution < 1.29 is 18.6 Å². The fourth-order valence-electron chi connectivity index (χ4n) is 9.54. The number of anilines is 1. The van der Waals surface area contributed by atoms with Gasteiger partial charge in [-0.1, -0.05) is 83.9 Å². The second-order valence-electron chi connectivity index (χ2n) is 16.6. The molecular weight excluding hydrogens is 709 g/mol. The molecule has 2 aromatic heterocycles. The molecule has 5 aromatic rings. The van der Waals surface area contributed by atoms with Crippen LogP contribution in [0.2, 0.25) is 16.6 Å². The number of ether oxygens (including phenoxy) is 1. The molecule has 7 rings (SSSR count). The third kappa shape index (κ3) is 7.41. The van der Waals surface area contributed by atoms with Crippen LogP contribution in [0.4, 0.5) is 14.6 Å². The Morgan fingerprint density at radius 3 is 2.49 bits per heavy atom. The van der Waals surface area contributed by atoms with Gasteiger partial charge in [0.15, 0.2) is 0 Å². The largest absolute Gasteiger partial charge is 0.508 e. The van der Waals surface area contributed by atoms with Crippen molar-refractivity contribution in [2.45, 2.75) is 95.6 Å². The molecule has 0 amide bonds. The molecule has 0 aliphatic carbocycles. The number of pyridine rings is 1. The van der Waals surface area contributed by atoms with Crippen molar-refractivity contribution in [2.75, 3.05) is 38.2 Å². The van der Waals surface area contributed by atoms with E-state index in [0.29, 0.717) is 81.7 Å². The Labute approximate surface area is 325 Å². The molecule has 4 heterocycles. The highest BCUT2D eigenvalue weighted by molar-refractivity contribution is 6.90. The quantitative estimate of drug-likeness (QED) is 0.106. The topological polar surface area (TPSA) is 74.6 Å². The van der Waals surface area contributed by atoms with Crippen LogP contribution in [0, 0.1) is 17.3 Å². The second-order valence-corrected chi connectivity index (χ2v) is 22.2. The highest BCUT2D eigenvalue weighted by Crippen LogP contribution is 2.43. The van der Waals surface area contributed by atoms with E-state index in [-0.39, 0.29) is 17.3 Å². The minimum absolute atomic E-state index is 0.0407. The zero-order chi connectivity index (χ0) is 39.1. The van der Waals surface area contributed by atoms with Crippen LogP contribution in [-0.2, 0) is 6.42 Å². The Morgan fingerprint density at radius 2 is 1.76 bits per heavy atom. The fraction of sp³-hybridized carbons (Fsp3) is 0.444. The first-order chi connectivity index (χ1) is 26.3. The Bertz CT molecular complexity index is 2230. The number of phenolic OH excluding ortho intramolecular Hbond substituents is 1. The van der Waals surface area contributed by atoms with Crippen molar-refractivity contribution in [3.05, 3.63) is 83.8 Å². The summed E-state index contributed by atoms with van der Waals surface area (Å²) in [6.45, 7) is 15.7. The van der Waals surface area contributed by atoms with E-state index >= 15 is 4.39 Å². The third-order valence-electron chi connectivity index (χ3n) is 12.3. The molecule has 0 radical (unpaired) electrons. The number of likely N-dealkylation sites (N-methyl/N-ethyl adjacent to an activating group) is 1. The summed E-state index contributed by atoms with van der Waals surface area (Å²) in [5.74, 6) is 3.68. The Balaban J connectivity index is 1.37. The van der Waals surface area contributed by atoms with Crippen molar-refractivity contribution in [1.82, 2.24) is 19.9 Å². The van der Waals surface area contributed by atoms with E-state index in [9.17, 15) is 9.50 Å². The number of aromatic nitrogens is 3. The van der Waals surface area contributed by atoms with Crippen LogP contribution >= 0.6 is 0 Å². The van der Waals surface area contributed by atoms with E-state index in [1.165, 1.54) is 11.6 Å². The molecule has 7 nitrogen and oxygen atoms in total. The minimum Gasteiger partial charge on any atom is -0.508 e. The zero-order valence-electron chi connectivity index (χ0n) is 33.2. The van der Waals surface area contributed by atoms with E-state index in [0.717, 1.165) is 31.2 Å². The molecule has 0 spiro atoms. The lowest BCUT2D eigenvalue weighted by Crippen LogP contribution is -2.43. The third-order valence-corrected chi connectivity index (χ3v) is 18.6. The summed E-state index contributed by atoms with van der Waals surface area (Å²) in [7, 11) is -0.225. The minimum atomic E-state index is -2.22. The van der Waals surface area contributed by atoms with Crippen molar-refractivity contribution >= 4 is 35.6 Å². The normalized spacial score (nSPS) is 18.7. The molecule has 2 aliphatic rings.